The van der Waals surface area contributed by atoms with E-state index in [0.29, 0.717) is 11.7 Å². The summed E-state index contributed by atoms with van der Waals surface area (Å²) in [6, 6.07) is 0. The van der Waals surface area contributed by atoms with Crippen molar-refractivity contribution in [3.05, 3.63) is 0 Å². The standard InChI is InChI=1S/C8H14O/c1-2-7-5-3-4-6-8(7)9/h7H,2-6H2,1H3. The summed E-state index contributed by atoms with van der Waals surface area (Å²) in [5.74, 6) is 0.919. The van der Waals surface area contributed by atoms with E-state index in [2.05, 4.69) is 6.92 Å². The summed E-state index contributed by atoms with van der Waals surface area (Å²) in [5, 5.41) is 0. The van der Waals surface area contributed by atoms with Crippen molar-refractivity contribution in [1.29, 1.82) is 0 Å². The highest BCUT2D eigenvalue weighted by Gasteiger charge is 2.19. The summed E-state index contributed by atoms with van der Waals surface area (Å²) in [7, 11) is 0. The number of carbonyl (C=O) groups is 1. The number of Topliss-reactive ketones (excluding diaryl/α,β-unsaturated/α-hetero) is 1. The average molecular weight is 126 g/mol. The molecule has 52 valence electrons. The summed E-state index contributed by atoms with van der Waals surface area (Å²) in [6.07, 6.45) is 5.45. The molecule has 1 aliphatic carbocycles. The fourth-order valence-electron chi connectivity index (χ4n) is 1.49. The van der Waals surface area contributed by atoms with Crippen molar-refractivity contribution >= 4 is 5.78 Å². The van der Waals surface area contributed by atoms with Gasteiger partial charge in [-0.2, -0.15) is 0 Å². The van der Waals surface area contributed by atoms with Crippen molar-refractivity contribution in [2.75, 3.05) is 0 Å². The Morgan fingerprint density at radius 1 is 1.56 bits per heavy atom. The Morgan fingerprint density at radius 2 is 2.33 bits per heavy atom. The Hall–Kier alpha value is -0.330. The first-order chi connectivity index (χ1) is 4.34. The lowest BCUT2D eigenvalue weighted by Gasteiger charge is -2.17. The summed E-state index contributed by atoms with van der Waals surface area (Å²) < 4.78 is 0. The van der Waals surface area contributed by atoms with Gasteiger partial charge in [0.15, 0.2) is 0 Å². The lowest BCUT2D eigenvalue weighted by molar-refractivity contribution is -0.124. The second kappa shape index (κ2) is 3.00. The molecule has 1 heteroatoms. The lowest BCUT2D eigenvalue weighted by atomic mass is 9.86. The van der Waals surface area contributed by atoms with E-state index in [-0.39, 0.29) is 0 Å². The third-order valence-electron chi connectivity index (χ3n) is 2.17. The van der Waals surface area contributed by atoms with Crippen LogP contribution in [0.25, 0.3) is 0 Å². The van der Waals surface area contributed by atoms with Crippen molar-refractivity contribution in [3.8, 4) is 0 Å². The lowest BCUT2D eigenvalue weighted by Crippen LogP contribution is -2.17. The van der Waals surface area contributed by atoms with E-state index in [0.717, 1.165) is 25.7 Å². The molecule has 0 spiro atoms. The number of ketones is 1. The zero-order valence-electron chi connectivity index (χ0n) is 6.02. The fourth-order valence-corrected chi connectivity index (χ4v) is 1.49. The molecule has 0 heterocycles. The van der Waals surface area contributed by atoms with Gasteiger partial charge in [-0.25, -0.2) is 0 Å². The second-order valence-electron chi connectivity index (χ2n) is 2.82. The Balaban J connectivity index is 2.39. The quantitative estimate of drug-likeness (QED) is 0.526. The third kappa shape index (κ3) is 1.54. The summed E-state index contributed by atoms with van der Waals surface area (Å²) in [6.45, 7) is 2.11. The molecule has 0 aliphatic heterocycles. The van der Waals surface area contributed by atoms with E-state index in [1.165, 1.54) is 6.42 Å². The molecule has 1 saturated carbocycles. The second-order valence-corrected chi connectivity index (χ2v) is 2.82. The maximum atomic E-state index is 11.0. The predicted octanol–water partition coefficient (Wildman–Crippen LogP) is 2.16. The van der Waals surface area contributed by atoms with E-state index >= 15 is 0 Å². The first-order valence-electron chi connectivity index (χ1n) is 3.87. The van der Waals surface area contributed by atoms with Crippen LogP contribution in [-0.2, 0) is 4.79 Å². The molecule has 0 aromatic rings. The highest BCUT2D eigenvalue weighted by Crippen LogP contribution is 2.22. The minimum Gasteiger partial charge on any atom is -0.299 e. The largest absolute Gasteiger partial charge is 0.299 e. The maximum absolute atomic E-state index is 11.0. The van der Waals surface area contributed by atoms with Crippen LogP contribution >= 0.6 is 0 Å². The molecule has 0 amide bonds. The Labute approximate surface area is 56.4 Å². The minimum atomic E-state index is 0.416. The van der Waals surface area contributed by atoms with Gasteiger partial charge >= 0.3 is 0 Å². The molecule has 0 aromatic heterocycles. The first-order valence-corrected chi connectivity index (χ1v) is 3.87. The van der Waals surface area contributed by atoms with Crippen molar-refractivity contribution in [1.82, 2.24) is 0 Å². The first kappa shape index (κ1) is 6.79. The van der Waals surface area contributed by atoms with Gasteiger partial charge < -0.3 is 0 Å². The van der Waals surface area contributed by atoms with E-state index < -0.39 is 0 Å². The van der Waals surface area contributed by atoms with Crippen molar-refractivity contribution < 1.29 is 4.79 Å². The maximum Gasteiger partial charge on any atom is 0.135 e. The van der Waals surface area contributed by atoms with Crippen molar-refractivity contribution in [2.24, 2.45) is 5.92 Å². The number of rotatable bonds is 1. The molecule has 1 atom stereocenters. The highest BCUT2D eigenvalue weighted by atomic mass is 16.1. The van der Waals surface area contributed by atoms with Crippen LogP contribution < -0.4 is 0 Å². The molecule has 1 aliphatic rings. The Bertz CT molecular complexity index is 107. The number of carbonyl (C=O) groups excluding carboxylic acids is 1. The topological polar surface area (TPSA) is 17.1 Å². The van der Waals surface area contributed by atoms with Crippen LogP contribution in [0.5, 0.6) is 0 Å². The van der Waals surface area contributed by atoms with Gasteiger partial charge in [0.05, 0.1) is 0 Å². The molecule has 1 rings (SSSR count). The van der Waals surface area contributed by atoms with Gasteiger partial charge in [-0.1, -0.05) is 13.3 Å². The molecule has 0 saturated heterocycles. The van der Waals surface area contributed by atoms with Crippen LogP contribution in [0.4, 0.5) is 0 Å². The molecule has 0 bridgehead atoms. The zero-order chi connectivity index (χ0) is 6.69. The van der Waals surface area contributed by atoms with Gasteiger partial charge in [0.25, 0.3) is 0 Å². The van der Waals surface area contributed by atoms with Crippen LogP contribution in [0, 0.1) is 5.92 Å². The molecular weight excluding hydrogens is 112 g/mol. The molecule has 0 N–H and O–H groups in total. The van der Waals surface area contributed by atoms with Crippen LogP contribution in [-0.4, -0.2) is 5.78 Å². The SMILES string of the molecule is CCC1CCCCC1=O. The van der Waals surface area contributed by atoms with Crippen LogP contribution in [0.15, 0.2) is 0 Å². The third-order valence-corrected chi connectivity index (χ3v) is 2.17. The number of hydrogen-bond acceptors (Lipinski definition) is 1. The average Bonchev–Trinajstić information content (AvgIpc) is 1.89. The summed E-state index contributed by atoms with van der Waals surface area (Å²) in [4.78, 5) is 11.0. The summed E-state index contributed by atoms with van der Waals surface area (Å²) >= 11 is 0. The van der Waals surface area contributed by atoms with E-state index in [1.54, 1.807) is 0 Å². The Morgan fingerprint density at radius 3 is 2.78 bits per heavy atom. The van der Waals surface area contributed by atoms with Gasteiger partial charge in [0, 0.05) is 12.3 Å². The Kier molecular flexibility index (Phi) is 2.26. The van der Waals surface area contributed by atoms with Crippen LogP contribution in [0.1, 0.15) is 39.0 Å². The fraction of sp³-hybridized carbons (Fsp3) is 0.875. The molecule has 1 fully saturated rings. The van der Waals surface area contributed by atoms with Gasteiger partial charge in [-0.05, 0) is 19.3 Å². The minimum absolute atomic E-state index is 0.416. The number of hydrogen-bond donors (Lipinski definition) is 0. The van der Waals surface area contributed by atoms with Gasteiger partial charge in [-0.15, -0.1) is 0 Å². The smallest absolute Gasteiger partial charge is 0.135 e. The van der Waals surface area contributed by atoms with Gasteiger partial charge in [-0.3, -0.25) is 4.79 Å². The molecular formula is C8H14O. The molecule has 1 unspecified atom stereocenters. The highest BCUT2D eigenvalue weighted by molar-refractivity contribution is 5.81. The summed E-state index contributed by atoms with van der Waals surface area (Å²) in [5.41, 5.74) is 0. The molecule has 9 heavy (non-hydrogen) atoms. The molecule has 0 radical (unpaired) electrons. The zero-order valence-corrected chi connectivity index (χ0v) is 6.02. The van der Waals surface area contributed by atoms with Gasteiger partial charge in [0.1, 0.15) is 5.78 Å². The predicted molar refractivity (Wildman–Crippen MR) is 37.3 cm³/mol. The monoisotopic (exact) mass is 126 g/mol. The molecule has 1 nitrogen and oxygen atoms in total. The van der Waals surface area contributed by atoms with Gasteiger partial charge in [0.2, 0.25) is 0 Å². The van der Waals surface area contributed by atoms with Crippen LogP contribution in [0.3, 0.4) is 0 Å². The van der Waals surface area contributed by atoms with Crippen LogP contribution in [0.2, 0.25) is 0 Å². The van der Waals surface area contributed by atoms with E-state index in [1.807, 2.05) is 0 Å². The normalized spacial score (nSPS) is 28.6. The van der Waals surface area contributed by atoms with E-state index in [4.69, 9.17) is 0 Å². The van der Waals surface area contributed by atoms with E-state index in [9.17, 15) is 4.79 Å². The van der Waals surface area contributed by atoms with Crippen molar-refractivity contribution in [3.63, 3.8) is 0 Å². The molecule has 0 aromatic carbocycles. The van der Waals surface area contributed by atoms with Crippen molar-refractivity contribution in [2.45, 2.75) is 39.0 Å².